The normalized spacial score (nSPS) is 34.7. The number of carbonyl (C=O) groups is 2. The number of urea groups is 1. The fourth-order valence-corrected chi connectivity index (χ4v) is 5.54. The molecule has 2 amide bonds. The number of nitrogens with zero attached hydrogens (tertiary/aromatic N) is 2. The van der Waals surface area contributed by atoms with E-state index >= 15 is 0 Å². The van der Waals surface area contributed by atoms with Crippen LogP contribution in [-0.4, -0.2) is 66.2 Å². The van der Waals surface area contributed by atoms with Crippen molar-refractivity contribution in [3.8, 4) is 0 Å². The minimum Gasteiger partial charge on any atom is -0.481 e. The molecule has 3 rings (SSSR count). The Morgan fingerprint density at radius 2 is 1.88 bits per heavy atom. The number of unbranched alkanes of at least 4 members (excludes halogenated alkanes) is 1. The van der Waals surface area contributed by atoms with Gasteiger partial charge in [0.2, 0.25) is 0 Å². The molecule has 2 unspecified atom stereocenters. The van der Waals surface area contributed by atoms with E-state index in [0.717, 1.165) is 44.1 Å². The molecule has 148 valence electrons. The predicted octanol–water partition coefficient (Wildman–Crippen LogP) is 2.64. The fourth-order valence-electron chi connectivity index (χ4n) is 5.54. The van der Waals surface area contributed by atoms with Crippen molar-refractivity contribution in [2.75, 3.05) is 39.3 Å². The van der Waals surface area contributed by atoms with Crippen LogP contribution in [0.2, 0.25) is 0 Å². The van der Waals surface area contributed by atoms with Gasteiger partial charge in [-0.05, 0) is 56.4 Å². The molecule has 0 aromatic carbocycles. The first-order valence-electron chi connectivity index (χ1n) is 10.4. The first kappa shape index (κ1) is 19.5. The summed E-state index contributed by atoms with van der Waals surface area (Å²) in [6, 6.07) is -0.0831. The number of likely N-dealkylation sites (tertiary alicyclic amines) is 2. The Kier molecular flexibility index (Phi) is 6.10. The van der Waals surface area contributed by atoms with Gasteiger partial charge in [0.25, 0.3) is 0 Å². The minimum atomic E-state index is -0.722. The van der Waals surface area contributed by atoms with Crippen LogP contribution in [0.4, 0.5) is 4.79 Å². The van der Waals surface area contributed by atoms with E-state index in [1.165, 1.54) is 19.5 Å². The van der Waals surface area contributed by atoms with Crippen molar-refractivity contribution in [2.45, 2.75) is 52.4 Å². The number of nitrogens with one attached hydrogen (secondary N) is 1. The van der Waals surface area contributed by atoms with E-state index in [9.17, 15) is 14.7 Å². The number of rotatable bonds is 6. The maximum Gasteiger partial charge on any atom is 0.317 e. The van der Waals surface area contributed by atoms with Crippen LogP contribution in [-0.2, 0) is 4.79 Å². The standard InChI is InChI=1S/C20H35N3O3/c1-15-10-16(2)12-22(11-15)9-4-3-8-21-19(26)23-13-17-6-5-7-20(17,14-23)18(24)25/h15-17H,3-14H2,1-2H3,(H,21,26)(H,24,25)/t15?,16?,17-,20+/m0/s1. The number of carbonyl (C=O) groups excluding carboxylic acids is 1. The van der Waals surface area contributed by atoms with Gasteiger partial charge >= 0.3 is 12.0 Å². The van der Waals surface area contributed by atoms with Crippen molar-refractivity contribution < 1.29 is 14.7 Å². The van der Waals surface area contributed by atoms with Gasteiger partial charge in [-0.15, -0.1) is 0 Å². The molecule has 0 radical (unpaired) electrons. The van der Waals surface area contributed by atoms with E-state index < -0.39 is 11.4 Å². The van der Waals surface area contributed by atoms with Gasteiger partial charge in [-0.3, -0.25) is 4.79 Å². The number of hydrogen-bond donors (Lipinski definition) is 2. The molecule has 0 bridgehead atoms. The number of fused-ring (bicyclic) bond motifs is 1. The molecule has 2 heterocycles. The summed E-state index contributed by atoms with van der Waals surface area (Å²) in [6.45, 7) is 9.82. The van der Waals surface area contributed by atoms with Crippen LogP contribution in [0.5, 0.6) is 0 Å². The highest BCUT2D eigenvalue weighted by molar-refractivity contribution is 5.80. The van der Waals surface area contributed by atoms with Gasteiger partial charge in [0.15, 0.2) is 0 Å². The van der Waals surface area contributed by atoms with Gasteiger partial charge in [-0.2, -0.15) is 0 Å². The highest BCUT2D eigenvalue weighted by Crippen LogP contribution is 2.48. The molecule has 3 aliphatic rings. The van der Waals surface area contributed by atoms with E-state index in [0.29, 0.717) is 26.1 Å². The third kappa shape index (κ3) is 4.16. The molecule has 1 saturated carbocycles. The number of amides is 2. The van der Waals surface area contributed by atoms with Crippen molar-refractivity contribution in [1.29, 1.82) is 0 Å². The first-order chi connectivity index (χ1) is 12.4. The van der Waals surface area contributed by atoms with Crippen LogP contribution in [0.1, 0.15) is 52.4 Å². The zero-order valence-electron chi connectivity index (χ0n) is 16.4. The predicted molar refractivity (Wildman–Crippen MR) is 101 cm³/mol. The summed E-state index contributed by atoms with van der Waals surface area (Å²) in [6.07, 6.45) is 6.03. The first-order valence-corrected chi connectivity index (χ1v) is 10.4. The molecule has 0 spiro atoms. The number of piperidine rings is 1. The molecule has 6 heteroatoms. The summed E-state index contributed by atoms with van der Waals surface area (Å²) < 4.78 is 0. The Balaban J connectivity index is 1.34. The lowest BCUT2D eigenvalue weighted by Crippen LogP contribution is -2.42. The molecule has 3 fully saturated rings. The molecule has 0 aromatic rings. The molecule has 0 aromatic heterocycles. The minimum absolute atomic E-state index is 0.0831. The second kappa shape index (κ2) is 8.15. The summed E-state index contributed by atoms with van der Waals surface area (Å²) in [5.74, 6) is 0.985. The van der Waals surface area contributed by atoms with Crippen LogP contribution in [0.25, 0.3) is 0 Å². The third-order valence-corrected chi connectivity index (χ3v) is 6.71. The van der Waals surface area contributed by atoms with E-state index in [1.54, 1.807) is 4.90 Å². The van der Waals surface area contributed by atoms with Crippen LogP contribution in [0.15, 0.2) is 0 Å². The number of hydrogen-bond acceptors (Lipinski definition) is 3. The smallest absolute Gasteiger partial charge is 0.317 e. The van der Waals surface area contributed by atoms with Gasteiger partial charge < -0.3 is 20.2 Å². The fraction of sp³-hybridized carbons (Fsp3) is 0.900. The lowest BCUT2D eigenvalue weighted by atomic mass is 9.81. The van der Waals surface area contributed by atoms with E-state index in [-0.39, 0.29) is 11.9 Å². The molecule has 2 aliphatic heterocycles. The summed E-state index contributed by atoms with van der Waals surface area (Å²) in [7, 11) is 0. The monoisotopic (exact) mass is 365 g/mol. The Bertz CT molecular complexity index is 516. The average molecular weight is 366 g/mol. The van der Waals surface area contributed by atoms with Crippen LogP contribution in [0, 0.1) is 23.2 Å². The molecule has 2 N–H and O–H groups in total. The summed E-state index contributed by atoms with van der Waals surface area (Å²) >= 11 is 0. The van der Waals surface area contributed by atoms with E-state index in [4.69, 9.17) is 0 Å². The maximum atomic E-state index is 12.4. The summed E-state index contributed by atoms with van der Waals surface area (Å²) in [4.78, 5) is 28.4. The zero-order chi connectivity index (χ0) is 18.7. The van der Waals surface area contributed by atoms with Gasteiger partial charge in [0.05, 0.1) is 5.41 Å². The maximum absolute atomic E-state index is 12.4. The molecular formula is C20H35N3O3. The Hall–Kier alpha value is -1.30. The SMILES string of the molecule is CC1CC(C)CN(CCCCNC(=O)N2C[C@@H]3CCC[C@@]3(C(=O)O)C2)C1. The molecular weight excluding hydrogens is 330 g/mol. The van der Waals surface area contributed by atoms with Crippen molar-refractivity contribution in [1.82, 2.24) is 15.1 Å². The lowest BCUT2D eigenvalue weighted by molar-refractivity contribution is -0.149. The second-order valence-electron chi connectivity index (χ2n) is 9.08. The molecule has 4 atom stereocenters. The van der Waals surface area contributed by atoms with Gasteiger partial charge in [0, 0.05) is 32.7 Å². The van der Waals surface area contributed by atoms with Crippen molar-refractivity contribution >= 4 is 12.0 Å². The lowest BCUT2D eigenvalue weighted by Gasteiger charge is -2.34. The van der Waals surface area contributed by atoms with Gasteiger partial charge in [0.1, 0.15) is 0 Å². The van der Waals surface area contributed by atoms with Crippen molar-refractivity contribution in [3.05, 3.63) is 0 Å². The molecule has 2 saturated heterocycles. The van der Waals surface area contributed by atoms with Crippen molar-refractivity contribution in [2.24, 2.45) is 23.2 Å². The number of carboxylic acids is 1. The number of aliphatic carboxylic acids is 1. The Labute approximate surface area is 157 Å². The third-order valence-electron chi connectivity index (χ3n) is 6.71. The highest BCUT2D eigenvalue weighted by Gasteiger charge is 2.55. The Morgan fingerprint density at radius 1 is 1.15 bits per heavy atom. The molecule has 1 aliphatic carbocycles. The largest absolute Gasteiger partial charge is 0.481 e. The van der Waals surface area contributed by atoms with Crippen LogP contribution < -0.4 is 5.32 Å². The quantitative estimate of drug-likeness (QED) is 0.710. The molecule has 6 nitrogen and oxygen atoms in total. The summed E-state index contributed by atoms with van der Waals surface area (Å²) in [5.41, 5.74) is -0.682. The van der Waals surface area contributed by atoms with E-state index in [1.807, 2.05) is 0 Å². The number of carboxylic acid groups (broad SMARTS) is 1. The zero-order valence-corrected chi connectivity index (χ0v) is 16.4. The van der Waals surface area contributed by atoms with Gasteiger partial charge in [-0.25, -0.2) is 4.79 Å². The Morgan fingerprint density at radius 3 is 2.54 bits per heavy atom. The average Bonchev–Trinajstić information content (AvgIpc) is 3.11. The van der Waals surface area contributed by atoms with Crippen LogP contribution in [0.3, 0.4) is 0 Å². The van der Waals surface area contributed by atoms with Crippen molar-refractivity contribution in [3.63, 3.8) is 0 Å². The van der Waals surface area contributed by atoms with Crippen LogP contribution >= 0.6 is 0 Å². The summed E-state index contributed by atoms with van der Waals surface area (Å²) in [5, 5.41) is 12.6. The van der Waals surface area contributed by atoms with E-state index in [2.05, 4.69) is 24.1 Å². The molecule has 26 heavy (non-hydrogen) atoms. The van der Waals surface area contributed by atoms with Gasteiger partial charge in [-0.1, -0.05) is 20.3 Å². The topological polar surface area (TPSA) is 72.9 Å². The second-order valence-corrected chi connectivity index (χ2v) is 9.08. The highest BCUT2D eigenvalue weighted by atomic mass is 16.4.